The van der Waals surface area contributed by atoms with Gasteiger partial charge in [0, 0.05) is 39.0 Å². The van der Waals surface area contributed by atoms with Gasteiger partial charge in [-0.05, 0) is 36.2 Å². The molecule has 0 spiro atoms. The number of benzene rings is 1. The highest BCUT2D eigenvalue weighted by Gasteiger charge is 2.15. The maximum Gasteiger partial charge on any atom is 0.257 e. The van der Waals surface area contributed by atoms with E-state index >= 15 is 0 Å². The molecule has 2 N–H and O–H groups in total. The summed E-state index contributed by atoms with van der Waals surface area (Å²) in [7, 11) is 0. The van der Waals surface area contributed by atoms with Crippen LogP contribution in [0.25, 0.3) is 0 Å². The molecule has 27 heavy (non-hydrogen) atoms. The first-order valence-corrected chi connectivity index (χ1v) is 9.28. The normalized spacial score (nSPS) is 17.8. The molecule has 2 aliphatic heterocycles. The monoisotopic (exact) mass is 374 g/mol. The van der Waals surface area contributed by atoms with Crippen LogP contribution in [-0.4, -0.2) is 68.4 Å². The summed E-state index contributed by atoms with van der Waals surface area (Å²) in [5.41, 5.74) is 5.23. The van der Waals surface area contributed by atoms with Crippen LogP contribution < -0.4 is 15.5 Å². The van der Waals surface area contributed by atoms with Crippen LogP contribution in [0.4, 0.5) is 0 Å². The van der Waals surface area contributed by atoms with Crippen molar-refractivity contribution in [2.24, 2.45) is 5.10 Å². The number of morpholine rings is 1. The van der Waals surface area contributed by atoms with Gasteiger partial charge in [0.1, 0.15) is 5.75 Å². The minimum Gasteiger partial charge on any atom is -0.484 e. The lowest BCUT2D eigenvalue weighted by atomic mass is 10.0. The molecule has 0 atom stereocenters. The molecule has 0 radical (unpaired) electrons. The van der Waals surface area contributed by atoms with E-state index in [0.29, 0.717) is 25.1 Å². The number of hydrogen-bond donors (Lipinski definition) is 2. The van der Waals surface area contributed by atoms with Gasteiger partial charge in [-0.3, -0.25) is 14.5 Å². The van der Waals surface area contributed by atoms with Crippen LogP contribution in [0.3, 0.4) is 0 Å². The first kappa shape index (κ1) is 19.3. The smallest absolute Gasteiger partial charge is 0.257 e. The minimum absolute atomic E-state index is 0.0136. The molecule has 1 aromatic rings. The topological polar surface area (TPSA) is 92.3 Å². The first-order chi connectivity index (χ1) is 13.1. The van der Waals surface area contributed by atoms with Crippen molar-refractivity contribution in [3.05, 3.63) is 29.3 Å². The first-order valence-electron chi connectivity index (χ1n) is 9.28. The number of carbonyl (C=O) groups excluding carboxylic acids is 2. The van der Waals surface area contributed by atoms with Crippen molar-refractivity contribution in [2.75, 3.05) is 46.0 Å². The van der Waals surface area contributed by atoms with Crippen molar-refractivity contribution in [2.45, 2.75) is 19.8 Å². The minimum atomic E-state index is -0.133. The highest BCUT2D eigenvalue weighted by Crippen LogP contribution is 2.21. The number of ether oxygens (including phenoxy) is 2. The molecule has 2 heterocycles. The van der Waals surface area contributed by atoms with Crippen LogP contribution in [0.1, 0.15) is 24.0 Å². The fourth-order valence-corrected chi connectivity index (χ4v) is 3.05. The lowest BCUT2D eigenvalue weighted by Crippen LogP contribution is -2.42. The Morgan fingerprint density at radius 3 is 2.85 bits per heavy atom. The van der Waals surface area contributed by atoms with Gasteiger partial charge in [0.15, 0.2) is 6.61 Å². The van der Waals surface area contributed by atoms with Crippen molar-refractivity contribution in [1.82, 2.24) is 15.6 Å². The maximum atomic E-state index is 12.0. The highest BCUT2D eigenvalue weighted by molar-refractivity contribution is 6.04. The summed E-state index contributed by atoms with van der Waals surface area (Å²) < 4.78 is 10.9. The summed E-state index contributed by atoms with van der Waals surface area (Å²) in [4.78, 5) is 25.4. The van der Waals surface area contributed by atoms with Gasteiger partial charge in [-0.1, -0.05) is 0 Å². The van der Waals surface area contributed by atoms with Crippen LogP contribution >= 0.6 is 0 Å². The van der Waals surface area contributed by atoms with Crippen molar-refractivity contribution in [3.63, 3.8) is 0 Å². The molecule has 0 bridgehead atoms. The summed E-state index contributed by atoms with van der Waals surface area (Å²) in [5, 5.41) is 6.98. The van der Waals surface area contributed by atoms with E-state index in [1.165, 1.54) is 0 Å². The van der Waals surface area contributed by atoms with Gasteiger partial charge in [0.2, 0.25) is 5.91 Å². The molecule has 0 saturated carbocycles. The van der Waals surface area contributed by atoms with Crippen molar-refractivity contribution in [3.8, 4) is 5.75 Å². The van der Waals surface area contributed by atoms with Crippen LogP contribution in [0, 0.1) is 6.92 Å². The number of nitrogens with one attached hydrogen (secondary N) is 2. The second-order valence-electron chi connectivity index (χ2n) is 6.67. The Morgan fingerprint density at radius 1 is 1.33 bits per heavy atom. The van der Waals surface area contributed by atoms with E-state index in [4.69, 9.17) is 9.47 Å². The zero-order valence-corrected chi connectivity index (χ0v) is 15.6. The number of hydrogen-bond acceptors (Lipinski definition) is 6. The molecule has 1 aromatic carbocycles. The van der Waals surface area contributed by atoms with Gasteiger partial charge in [0.25, 0.3) is 5.91 Å². The SMILES string of the molecule is Cc1cc(C2=NNC(=O)CC2)ccc1OCC(=O)NCCN1CCOCC1. The molecule has 0 aliphatic carbocycles. The Bertz CT molecular complexity index is 714. The molecule has 8 nitrogen and oxygen atoms in total. The fourth-order valence-electron chi connectivity index (χ4n) is 3.05. The second kappa shape index (κ2) is 9.48. The number of aryl methyl sites for hydroxylation is 1. The van der Waals surface area contributed by atoms with Crippen LogP contribution in [0.2, 0.25) is 0 Å². The Balaban J connectivity index is 1.43. The quantitative estimate of drug-likeness (QED) is 0.722. The number of nitrogens with zero attached hydrogens (tertiary/aromatic N) is 2. The number of rotatable bonds is 7. The lowest BCUT2D eigenvalue weighted by Gasteiger charge is -2.26. The third-order valence-electron chi connectivity index (χ3n) is 4.63. The summed E-state index contributed by atoms with van der Waals surface area (Å²) in [6.45, 7) is 6.67. The molecule has 146 valence electrons. The van der Waals surface area contributed by atoms with Gasteiger partial charge in [-0.2, -0.15) is 5.10 Å². The van der Waals surface area contributed by atoms with Crippen molar-refractivity contribution < 1.29 is 19.1 Å². The lowest BCUT2D eigenvalue weighted by molar-refractivity contribution is -0.123. The van der Waals surface area contributed by atoms with Gasteiger partial charge >= 0.3 is 0 Å². The molecule has 1 fully saturated rings. The third kappa shape index (κ3) is 5.77. The van der Waals surface area contributed by atoms with E-state index in [9.17, 15) is 9.59 Å². The molecule has 0 aromatic heterocycles. The average molecular weight is 374 g/mol. The van der Waals surface area contributed by atoms with E-state index in [1.54, 1.807) is 0 Å². The Hall–Kier alpha value is -2.45. The van der Waals surface area contributed by atoms with Crippen LogP contribution in [0.5, 0.6) is 5.75 Å². The van der Waals surface area contributed by atoms with E-state index in [0.717, 1.165) is 49.7 Å². The number of amides is 2. The molecular weight excluding hydrogens is 348 g/mol. The van der Waals surface area contributed by atoms with E-state index in [1.807, 2.05) is 25.1 Å². The molecule has 0 unspecified atom stereocenters. The summed E-state index contributed by atoms with van der Waals surface area (Å²) in [6.07, 6.45) is 1.07. The average Bonchev–Trinajstić information content (AvgIpc) is 2.68. The zero-order chi connectivity index (χ0) is 19.1. The number of hydrazone groups is 1. The Kier molecular flexibility index (Phi) is 6.78. The summed E-state index contributed by atoms with van der Waals surface area (Å²) in [5.74, 6) is 0.476. The van der Waals surface area contributed by atoms with E-state index in [-0.39, 0.29) is 18.4 Å². The van der Waals surface area contributed by atoms with Crippen molar-refractivity contribution >= 4 is 17.5 Å². The summed E-state index contributed by atoms with van der Waals surface area (Å²) in [6, 6.07) is 5.70. The van der Waals surface area contributed by atoms with E-state index < -0.39 is 0 Å². The van der Waals surface area contributed by atoms with Gasteiger partial charge in [-0.15, -0.1) is 0 Å². The predicted molar refractivity (Wildman–Crippen MR) is 101 cm³/mol. The van der Waals surface area contributed by atoms with Gasteiger partial charge in [0.05, 0.1) is 18.9 Å². The van der Waals surface area contributed by atoms with Crippen LogP contribution in [-0.2, 0) is 14.3 Å². The van der Waals surface area contributed by atoms with Crippen molar-refractivity contribution in [1.29, 1.82) is 0 Å². The van der Waals surface area contributed by atoms with E-state index in [2.05, 4.69) is 20.7 Å². The Morgan fingerprint density at radius 2 is 2.15 bits per heavy atom. The fraction of sp³-hybridized carbons (Fsp3) is 0.526. The second-order valence-corrected chi connectivity index (χ2v) is 6.67. The zero-order valence-electron chi connectivity index (χ0n) is 15.6. The molecular formula is C19H26N4O4. The maximum absolute atomic E-state index is 12.0. The molecule has 2 aliphatic rings. The number of carbonyl (C=O) groups is 2. The Labute approximate surface area is 158 Å². The molecule has 1 saturated heterocycles. The standard InChI is InChI=1S/C19H26N4O4/c1-14-12-15(16-3-5-18(24)22-21-16)2-4-17(14)27-13-19(25)20-6-7-23-8-10-26-11-9-23/h2,4,12H,3,5-11,13H2,1H3,(H,20,25)(H,22,24). The summed E-state index contributed by atoms with van der Waals surface area (Å²) >= 11 is 0. The molecule has 8 heteroatoms. The predicted octanol–water partition coefficient (Wildman–Crippen LogP) is 0.436. The molecule has 2 amide bonds. The third-order valence-corrected chi connectivity index (χ3v) is 4.63. The largest absolute Gasteiger partial charge is 0.484 e. The molecule has 3 rings (SSSR count). The van der Waals surface area contributed by atoms with Crippen LogP contribution in [0.15, 0.2) is 23.3 Å². The highest BCUT2D eigenvalue weighted by atomic mass is 16.5. The van der Waals surface area contributed by atoms with Gasteiger partial charge < -0.3 is 14.8 Å². The van der Waals surface area contributed by atoms with Gasteiger partial charge in [-0.25, -0.2) is 5.43 Å².